The smallest absolute Gasteiger partial charge is 0.377 e. The molecule has 3 aromatic heterocycles. The lowest BCUT2D eigenvalue weighted by molar-refractivity contribution is -0.137. The topological polar surface area (TPSA) is 72.2 Å². The van der Waals surface area contributed by atoms with E-state index in [-0.39, 0.29) is 6.04 Å². The average Bonchev–Trinajstić information content (AvgIpc) is 3.36. The highest BCUT2D eigenvalue weighted by atomic mass is 19.4. The molecule has 0 bridgehead atoms. The Labute approximate surface area is 182 Å². The standard InChI is InChI=1S/C21H22F3N7O/c22-21(23,24)15-1-3-25-18(5-15)30-8-13-2-4-29(9-14(13)10-30)19-7-26-17-6-27-31(20(17)28-19)16-11-32-12-16/h1,3,5-7,13-14,16H,2,4,8-12H2/t13-,14+/m1/s1. The number of nitrogens with zero attached hydrogens (tertiary/aromatic N) is 7. The van der Waals surface area contributed by atoms with E-state index in [9.17, 15) is 13.2 Å². The molecular formula is C21H22F3N7O. The summed E-state index contributed by atoms with van der Waals surface area (Å²) in [6, 6.07) is 2.37. The Balaban J connectivity index is 1.20. The zero-order valence-corrected chi connectivity index (χ0v) is 17.2. The SMILES string of the molecule is FC(F)(F)c1ccnc(N2C[C@H]3CCN(c4cnc5cnn(C6COC6)c5n4)C[C@H]3C2)c1. The van der Waals surface area contributed by atoms with Gasteiger partial charge in [-0.15, -0.1) is 0 Å². The van der Waals surface area contributed by atoms with Crippen molar-refractivity contribution in [1.82, 2.24) is 24.7 Å². The predicted octanol–water partition coefficient (Wildman–Crippen LogP) is 2.77. The van der Waals surface area contributed by atoms with E-state index in [0.29, 0.717) is 37.4 Å². The Morgan fingerprint density at radius 1 is 0.969 bits per heavy atom. The van der Waals surface area contributed by atoms with E-state index in [4.69, 9.17) is 9.72 Å². The number of halogens is 3. The molecule has 3 fully saturated rings. The van der Waals surface area contributed by atoms with Crippen LogP contribution in [-0.2, 0) is 10.9 Å². The van der Waals surface area contributed by atoms with Crippen molar-refractivity contribution in [3.05, 3.63) is 36.3 Å². The van der Waals surface area contributed by atoms with Crippen molar-refractivity contribution in [1.29, 1.82) is 0 Å². The fourth-order valence-corrected chi connectivity index (χ4v) is 4.93. The summed E-state index contributed by atoms with van der Waals surface area (Å²) >= 11 is 0. The summed E-state index contributed by atoms with van der Waals surface area (Å²) in [6.07, 6.45) is 1.35. The van der Waals surface area contributed by atoms with Crippen LogP contribution in [0.4, 0.5) is 24.8 Å². The lowest BCUT2D eigenvalue weighted by atomic mass is 9.89. The van der Waals surface area contributed by atoms with Gasteiger partial charge in [0.1, 0.15) is 23.2 Å². The van der Waals surface area contributed by atoms with Crippen LogP contribution < -0.4 is 9.80 Å². The first-order chi connectivity index (χ1) is 15.5. The minimum absolute atomic E-state index is 0.200. The van der Waals surface area contributed by atoms with Crippen LogP contribution in [0.2, 0.25) is 0 Å². The monoisotopic (exact) mass is 445 g/mol. The molecule has 0 amide bonds. The second-order valence-corrected chi connectivity index (χ2v) is 8.78. The predicted molar refractivity (Wildman–Crippen MR) is 110 cm³/mol. The van der Waals surface area contributed by atoms with Crippen LogP contribution in [0.3, 0.4) is 0 Å². The van der Waals surface area contributed by atoms with Crippen LogP contribution >= 0.6 is 0 Å². The van der Waals surface area contributed by atoms with Gasteiger partial charge < -0.3 is 14.5 Å². The Bertz CT molecular complexity index is 1150. The highest BCUT2D eigenvalue weighted by molar-refractivity contribution is 5.71. The fraction of sp³-hybridized carbons (Fsp3) is 0.524. The maximum atomic E-state index is 13.1. The molecule has 8 nitrogen and oxygen atoms in total. The maximum Gasteiger partial charge on any atom is 0.416 e. The number of hydrogen-bond donors (Lipinski definition) is 0. The summed E-state index contributed by atoms with van der Waals surface area (Å²) in [4.78, 5) is 17.8. The molecule has 0 N–H and O–H groups in total. The molecule has 32 heavy (non-hydrogen) atoms. The number of piperidine rings is 1. The average molecular weight is 445 g/mol. The van der Waals surface area contributed by atoms with Crippen molar-refractivity contribution in [3.8, 4) is 0 Å². The quantitative estimate of drug-likeness (QED) is 0.614. The Hall–Kier alpha value is -2.95. The van der Waals surface area contributed by atoms with Crippen molar-refractivity contribution in [2.75, 3.05) is 49.2 Å². The summed E-state index contributed by atoms with van der Waals surface area (Å²) in [5.41, 5.74) is 0.869. The Morgan fingerprint density at radius 3 is 2.56 bits per heavy atom. The number of aromatic nitrogens is 5. The number of anilines is 2. The van der Waals surface area contributed by atoms with Gasteiger partial charge in [0.05, 0.1) is 31.2 Å². The molecule has 2 atom stereocenters. The van der Waals surface area contributed by atoms with E-state index in [1.807, 2.05) is 9.58 Å². The number of alkyl halides is 3. The first kappa shape index (κ1) is 19.7. The Morgan fingerprint density at radius 2 is 1.78 bits per heavy atom. The molecule has 3 aliphatic rings. The molecule has 3 aromatic rings. The van der Waals surface area contributed by atoms with Gasteiger partial charge in [0.25, 0.3) is 0 Å². The largest absolute Gasteiger partial charge is 0.416 e. The number of ether oxygens (including phenoxy) is 1. The molecular weight excluding hydrogens is 423 g/mol. The minimum Gasteiger partial charge on any atom is -0.377 e. The van der Waals surface area contributed by atoms with Crippen LogP contribution in [0, 0.1) is 11.8 Å². The Kier molecular flexibility index (Phi) is 4.49. The number of pyridine rings is 1. The van der Waals surface area contributed by atoms with Crippen molar-refractivity contribution in [3.63, 3.8) is 0 Å². The van der Waals surface area contributed by atoms with E-state index in [0.717, 1.165) is 55.2 Å². The third kappa shape index (κ3) is 3.35. The molecule has 0 radical (unpaired) electrons. The summed E-state index contributed by atoms with van der Waals surface area (Å²) in [6.45, 7) is 4.31. The normalized spacial score (nSPS) is 24.1. The second-order valence-electron chi connectivity index (χ2n) is 8.78. The van der Waals surface area contributed by atoms with Gasteiger partial charge in [-0.05, 0) is 30.4 Å². The van der Waals surface area contributed by atoms with E-state index < -0.39 is 11.7 Å². The summed E-state index contributed by atoms with van der Waals surface area (Å²) in [7, 11) is 0. The molecule has 0 spiro atoms. The molecule has 168 valence electrons. The van der Waals surface area contributed by atoms with Crippen molar-refractivity contribution < 1.29 is 17.9 Å². The highest BCUT2D eigenvalue weighted by Gasteiger charge is 2.39. The number of rotatable bonds is 3. The molecule has 0 aliphatic carbocycles. The van der Waals surface area contributed by atoms with Crippen LogP contribution in [0.5, 0.6) is 0 Å². The summed E-state index contributed by atoms with van der Waals surface area (Å²) in [5, 5.41) is 4.42. The van der Waals surface area contributed by atoms with Gasteiger partial charge in [0.2, 0.25) is 0 Å². The van der Waals surface area contributed by atoms with E-state index in [2.05, 4.69) is 20.0 Å². The van der Waals surface area contributed by atoms with Crippen LogP contribution in [0.15, 0.2) is 30.7 Å². The first-order valence-electron chi connectivity index (χ1n) is 10.8. The van der Waals surface area contributed by atoms with Gasteiger partial charge >= 0.3 is 6.18 Å². The zero-order valence-electron chi connectivity index (χ0n) is 17.2. The number of fused-ring (bicyclic) bond motifs is 2. The zero-order chi connectivity index (χ0) is 21.9. The second kappa shape index (κ2) is 7.29. The molecule has 3 aliphatic heterocycles. The molecule has 0 unspecified atom stereocenters. The van der Waals surface area contributed by atoms with E-state index in [1.165, 1.54) is 6.20 Å². The molecule has 0 saturated carbocycles. The van der Waals surface area contributed by atoms with Crippen molar-refractivity contribution in [2.24, 2.45) is 11.8 Å². The number of hydrogen-bond acceptors (Lipinski definition) is 7. The third-order valence-corrected chi connectivity index (χ3v) is 6.78. The van der Waals surface area contributed by atoms with E-state index >= 15 is 0 Å². The van der Waals surface area contributed by atoms with Gasteiger partial charge in [0, 0.05) is 32.4 Å². The van der Waals surface area contributed by atoms with Crippen LogP contribution in [0.25, 0.3) is 11.2 Å². The molecule has 6 rings (SSSR count). The molecule has 6 heterocycles. The lowest BCUT2D eigenvalue weighted by Crippen LogP contribution is -2.40. The van der Waals surface area contributed by atoms with Crippen LogP contribution in [0.1, 0.15) is 18.0 Å². The van der Waals surface area contributed by atoms with Gasteiger partial charge in [0.15, 0.2) is 5.65 Å². The first-order valence-corrected chi connectivity index (χ1v) is 10.8. The molecule has 3 saturated heterocycles. The minimum atomic E-state index is -4.36. The molecule has 0 aromatic carbocycles. The lowest BCUT2D eigenvalue weighted by Gasteiger charge is -2.34. The fourth-order valence-electron chi connectivity index (χ4n) is 4.93. The van der Waals surface area contributed by atoms with Crippen molar-refractivity contribution >= 4 is 22.8 Å². The van der Waals surface area contributed by atoms with Gasteiger partial charge in [-0.1, -0.05) is 0 Å². The van der Waals surface area contributed by atoms with Crippen molar-refractivity contribution in [2.45, 2.75) is 18.6 Å². The summed E-state index contributed by atoms with van der Waals surface area (Å²) in [5.74, 6) is 1.97. The van der Waals surface area contributed by atoms with E-state index in [1.54, 1.807) is 12.4 Å². The summed E-state index contributed by atoms with van der Waals surface area (Å²) < 4.78 is 46.5. The van der Waals surface area contributed by atoms with Gasteiger partial charge in [-0.3, -0.25) is 0 Å². The third-order valence-electron chi connectivity index (χ3n) is 6.78. The maximum absolute atomic E-state index is 13.1. The van der Waals surface area contributed by atoms with Gasteiger partial charge in [-0.2, -0.15) is 18.3 Å². The van der Waals surface area contributed by atoms with Crippen LogP contribution in [-0.4, -0.2) is 64.1 Å². The molecule has 11 heteroatoms. The van der Waals surface area contributed by atoms with Gasteiger partial charge in [-0.25, -0.2) is 19.6 Å². The highest BCUT2D eigenvalue weighted by Crippen LogP contribution is 2.37.